The topological polar surface area (TPSA) is 97.1 Å². The normalized spacial score (nSPS) is 13.0. The SMILES string of the molecule is CCC(C)C(N)C(=O)Nc1nc(-c2ccc(CCCNC(C)=O)cc2)cs1. The summed E-state index contributed by atoms with van der Waals surface area (Å²) < 4.78 is 0. The van der Waals surface area contributed by atoms with Gasteiger partial charge in [-0.2, -0.15) is 0 Å². The van der Waals surface area contributed by atoms with E-state index in [4.69, 9.17) is 5.73 Å². The highest BCUT2D eigenvalue weighted by molar-refractivity contribution is 7.14. The van der Waals surface area contributed by atoms with Crippen LogP contribution in [0.3, 0.4) is 0 Å². The van der Waals surface area contributed by atoms with E-state index in [0.717, 1.165) is 30.5 Å². The lowest BCUT2D eigenvalue weighted by Gasteiger charge is -2.16. The molecule has 2 atom stereocenters. The van der Waals surface area contributed by atoms with Gasteiger partial charge in [-0.3, -0.25) is 9.59 Å². The second-order valence-corrected chi connectivity index (χ2v) is 7.58. The van der Waals surface area contributed by atoms with Crippen molar-refractivity contribution in [3.63, 3.8) is 0 Å². The predicted octanol–water partition coefficient (Wildman–Crippen LogP) is 3.19. The molecule has 1 aromatic heterocycles. The van der Waals surface area contributed by atoms with Gasteiger partial charge in [0.15, 0.2) is 5.13 Å². The average molecular weight is 389 g/mol. The minimum atomic E-state index is -0.529. The van der Waals surface area contributed by atoms with Crippen molar-refractivity contribution in [3.8, 4) is 11.3 Å². The number of anilines is 1. The first-order valence-corrected chi connectivity index (χ1v) is 10.1. The molecule has 0 aliphatic rings. The number of aromatic nitrogens is 1. The van der Waals surface area contributed by atoms with E-state index < -0.39 is 6.04 Å². The van der Waals surface area contributed by atoms with Crippen molar-refractivity contribution in [2.45, 2.75) is 46.1 Å². The summed E-state index contributed by atoms with van der Waals surface area (Å²) in [6.45, 7) is 6.19. The Morgan fingerprint density at radius 1 is 1.26 bits per heavy atom. The molecule has 1 heterocycles. The van der Waals surface area contributed by atoms with Gasteiger partial charge in [0.25, 0.3) is 0 Å². The van der Waals surface area contributed by atoms with Gasteiger partial charge in [-0.1, -0.05) is 44.5 Å². The summed E-state index contributed by atoms with van der Waals surface area (Å²) in [6.07, 6.45) is 2.67. The summed E-state index contributed by atoms with van der Waals surface area (Å²) in [5.41, 5.74) is 9.01. The van der Waals surface area contributed by atoms with Gasteiger partial charge < -0.3 is 16.4 Å². The number of hydrogen-bond donors (Lipinski definition) is 3. The lowest BCUT2D eigenvalue weighted by Crippen LogP contribution is -2.40. The molecule has 0 spiro atoms. The standard InChI is InChI=1S/C20H28N4O2S/c1-4-13(2)18(21)19(26)24-20-23-17(12-27-20)16-9-7-15(8-10-16)6-5-11-22-14(3)25/h7-10,12-13,18H,4-6,11,21H2,1-3H3,(H,22,25)(H,23,24,26). The molecule has 2 unspecified atom stereocenters. The van der Waals surface area contributed by atoms with E-state index in [2.05, 4.69) is 27.8 Å². The van der Waals surface area contributed by atoms with Crippen LogP contribution in [0, 0.1) is 5.92 Å². The largest absolute Gasteiger partial charge is 0.356 e. The van der Waals surface area contributed by atoms with E-state index in [9.17, 15) is 9.59 Å². The number of benzene rings is 1. The zero-order valence-electron chi connectivity index (χ0n) is 16.1. The van der Waals surface area contributed by atoms with Gasteiger partial charge >= 0.3 is 0 Å². The Kier molecular flexibility index (Phi) is 7.94. The number of hydrogen-bond acceptors (Lipinski definition) is 5. The molecule has 0 radical (unpaired) electrons. The fourth-order valence-electron chi connectivity index (χ4n) is 2.56. The zero-order chi connectivity index (χ0) is 19.8. The molecule has 0 aliphatic heterocycles. The van der Waals surface area contributed by atoms with Gasteiger partial charge in [0.05, 0.1) is 11.7 Å². The first kappa shape index (κ1) is 21.1. The van der Waals surface area contributed by atoms with Crippen LogP contribution in [0.2, 0.25) is 0 Å². The zero-order valence-corrected chi connectivity index (χ0v) is 16.9. The molecule has 4 N–H and O–H groups in total. The Labute approximate surface area is 164 Å². The number of nitrogens with zero attached hydrogens (tertiary/aromatic N) is 1. The number of amides is 2. The lowest BCUT2D eigenvalue weighted by atomic mass is 10.00. The van der Waals surface area contributed by atoms with E-state index >= 15 is 0 Å². The van der Waals surface area contributed by atoms with Crippen LogP contribution in [0.4, 0.5) is 5.13 Å². The molecular formula is C20H28N4O2S. The van der Waals surface area contributed by atoms with Crippen LogP contribution in [-0.4, -0.2) is 29.4 Å². The van der Waals surface area contributed by atoms with Crippen molar-refractivity contribution in [2.75, 3.05) is 11.9 Å². The number of nitrogens with two attached hydrogens (primary N) is 1. The van der Waals surface area contributed by atoms with Crippen LogP contribution in [-0.2, 0) is 16.0 Å². The molecule has 1 aromatic carbocycles. The number of rotatable bonds is 9. The van der Waals surface area contributed by atoms with E-state index in [1.54, 1.807) is 0 Å². The highest BCUT2D eigenvalue weighted by Crippen LogP contribution is 2.25. The van der Waals surface area contributed by atoms with E-state index in [0.29, 0.717) is 11.7 Å². The highest BCUT2D eigenvalue weighted by atomic mass is 32.1. The molecule has 2 aromatic rings. The molecule has 0 fully saturated rings. The van der Waals surface area contributed by atoms with Crippen molar-refractivity contribution < 1.29 is 9.59 Å². The maximum Gasteiger partial charge on any atom is 0.243 e. The van der Waals surface area contributed by atoms with Crippen molar-refractivity contribution in [2.24, 2.45) is 11.7 Å². The van der Waals surface area contributed by atoms with Crippen LogP contribution >= 0.6 is 11.3 Å². The number of carbonyl (C=O) groups excluding carboxylic acids is 2. The summed E-state index contributed by atoms with van der Waals surface area (Å²) in [6, 6.07) is 7.66. The Bertz CT molecular complexity index is 758. The van der Waals surface area contributed by atoms with Gasteiger partial charge in [-0.15, -0.1) is 11.3 Å². The summed E-state index contributed by atoms with van der Waals surface area (Å²) in [5, 5.41) is 8.10. The Balaban J connectivity index is 1.92. The lowest BCUT2D eigenvalue weighted by molar-refractivity contribution is -0.119. The van der Waals surface area contributed by atoms with Crippen molar-refractivity contribution in [1.82, 2.24) is 10.3 Å². The van der Waals surface area contributed by atoms with Crippen molar-refractivity contribution >= 4 is 28.3 Å². The van der Waals surface area contributed by atoms with Gasteiger partial charge in [0, 0.05) is 24.4 Å². The monoisotopic (exact) mass is 388 g/mol. The molecular weight excluding hydrogens is 360 g/mol. The molecule has 146 valence electrons. The van der Waals surface area contributed by atoms with Crippen molar-refractivity contribution in [1.29, 1.82) is 0 Å². The Morgan fingerprint density at radius 3 is 2.59 bits per heavy atom. The quantitative estimate of drug-likeness (QED) is 0.575. The second-order valence-electron chi connectivity index (χ2n) is 6.72. The molecule has 0 saturated heterocycles. The summed E-state index contributed by atoms with van der Waals surface area (Å²) in [7, 11) is 0. The number of carbonyl (C=O) groups is 2. The summed E-state index contributed by atoms with van der Waals surface area (Å²) in [4.78, 5) is 27.5. The highest BCUT2D eigenvalue weighted by Gasteiger charge is 2.20. The third-order valence-electron chi connectivity index (χ3n) is 4.56. The molecule has 6 nitrogen and oxygen atoms in total. The minimum absolute atomic E-state index is 0.00174. The van der Waals surface area contributed by atoms with E-state index in [1.807, 2.05) is 31.4 Å². The van der Waals surface area contributed by atoms with Gasteiger partial charge in [-0.05, 0) is 24.3 Å². The third-order valence-corrected chi connectivity index (χ3v) is 5.32. The van der Waals surface area contributed by atoms with Gasteiger partial charge in [0.1, 0.15) is 0 Å². The molecule has 7 heteroatoms. The van der Waals surface area contributed by atoms with E-state index in [-0.39, 0.29) is 17.7 Å². The Hall–Kier alpha value is -2.25. The van der Waals surface area contributed by atoms with Gasteiger partial charge in [-0.25, -0.2) is 4.98 Å². The van der Waals surface area contributed by atoms with E-state index in [1.165, 1.54) is 23.8 Å². The van der Waals surface area contributed by atoms with Crippen LogP contribution in [0.5, 0.6) is 0 Å². The van der Waals surface area contributed by atoms with Crippen molar-refractivity contribution in [3.05, 3.63) is 35.2 Å². The molecule has 0 aliphatic carbocycles. The van der Waals surface area contributed by atoms with Gasteiger partial charge in [0.2, 0.25) is 11.8 Å². The van der Waals surface area contributed by atoms with Crippen LogP contribution in [0.25, 0.3) is 11.3 Å². The summed E-state index contributed by atoms with van der Waals surface area (Å²) in [5.74, 6) is -0.0655. The fourth-order valence-corrected chi connectivity index (χ4v) is 3.29. The molecule has 0 bridgehead atoms. The molecule has 27 heavy (non-hydrogen) atoms. The maximum atomic E-state index is 12.2. The molecule has 2 rings (SSSR count). The average Bonchev–Trinajstić information content (AvgIpc) is 3.12. The Morgan fingerprint density at radius 2 is 1.96 bits per heavy atom. The smallest absolute Gasteiger partial charge is 0.243 e. The predicted molar refractivity (Wildman–Crippen MR) is 111 cm³/mol. The van der Waals surface area contributed by atoms with Crippen LogP contribution in [0.15, 0.2) is 29.6 Å². The molecule has 0 saturated carbocycles. The van der Waals surface area contributed by atoms with Crippen LogP contribution in [0.1, 0.15) is 39.2 Å². The first-order valence-electron chi connectivity index (χ1n) is 9.26. The maximum absolute atomic E-state index is 12.2. The fraction of sp³-hybridized carbons (Fsp3) is 0.450. The first-order chi connectivity index (χ1) is 12.9. The summed E-state index contributed by atoms with van der Waals surface area (Å²) >= 11 is 1.39. The number of nitrogens with one attached hydrogen (secondary N) is 2. The third kappa shape index (κ3) is 6.45. The minimum Gasteiger partial charge on any atom is -0.356 e. The second kappa shape index (κ2) is 10.2. The molecule has 2 amide bonds. The number of thiazole rings is 1. The number of aryl methyl sites for hydroxylation is 1. The van der Waals surface area contributed by atoms with Crippen LogP contribution < -0.4 is 16.4 Å².